The highest BCUT2D eigenvalue weighted by Crippen LogP contribution is 2.51. The van der Waals surface area contributed by atoms with Gasteiger partial charge in [-0.15, -0.1) is 11.8 Å². The highest BCUT2D eigenvalue weighted by Gasteiger charge is 2.43. The van der Waals surface area contributed by atoms with E-state index in [1.165, 1.54) is 17.7 Å². The van der Waals surface area contributed by atoms with Crippen LogP contribution in [0.5, 0.6) is 0 Å². The molecule has 1 heterocycles. The molecular formula is C11H15N3OS. The van der Waals surface area contributed by atoms with E-state index in [-0.39, 0.29) is 5.41 Å². The van der Waals surface area contributed by atoms with Crippen LogP contribution in [0, 0.1) is 5.41 Å². The SMILES string of the molecule is NC(CC1(CSc2ccncc2)CC1)=NO. The lowest BCUT2D eigenvalue weighted by Gasteiger charge is -2.13. The van der Waals surface area contributed by atoms with E-state index < -0.39 is 0 Å². The van der Waals surface area contributed by atoms with Gasteiger partial charge in [0.05, 0.1) is 0 Å². The average molecular weight is 237 g/mol. The average Bonchev–Trinajstić information content (AvgIpc) is 3.08. The van der Waals surface area contributed by atoms with E-state index in [4.69, 9.17) is 10.9 Å². The molecule has 2 rings (SSSR count). The second-order valence-corrected chi connectivity index (χ2v) is 5.29. The Hall–Kier alpha value is -1.23. The van der Waals surface area contributed by atoms with E-state index >= 15 is 0 Å². The molecule has 1 aliphatic carbocycles. The number of nitrogens with zero attached hydrogens (tertiary/aromatic N) is 2. The van der Waals surface area contributed by atoms with Crippen LogP contribution in [0.25, 0.3) is 0 Å². The Morgan fingerprint density at radius 2 is 2.19 bits per heavy atom. The normalized spacial score (nSPS) is 18.4. The summed E-state index contributed by atoms with van der Waals surface area (Å²) in [6.07, 6.45) is 6.63. The minimum absolute atomic E-state index is 0.254. The molecule has 1 aromatic rings. The summed E-state index contributed by atoms with van der Waals surface area (Å²) < 4.78 is 0. The lowest BCUT2D eigenvalue weighted by molar-refractivity contribution is 0.315. The van der Waals surface area contributed by atoms with Gasteiger partial charge in [0.15, 0.2) is 0 Å². The first-order valence-electron chi connectivity index (χ1n) is 5.23. The molecule has 16 heavy (non-hydrogen) atoms. The molecule has 0 aromatic carbocycles. The Morgan fingerprint density at radius 3 is 2.75 bits per heavy atom. The number of hydrogen-bond acceptors (Lipinski definition) is 4. The van der Waals surface area contributed by atoms with Crippen LogP contribution < -0.4 is 5.73 Å². The van der Waals surface area contributed by atoms with Crippen LogP contribution in [0.2, 0.25) is 0 Å². The maximum absolute atomic E-state index is 8.56. The van der Waals surface area contributed by atoms with Crippen molar-refractivity contribution in [2.24, 2.45) is 16.3 Å². The van der Waals surface area contributed by atoms with Crippen molar-refractivity contribution in [2.75, 3.05) is 5.75 Å². The number of rotatable bonds is 5. The van der Waals surface area contributed by atoms with E-state index in [0.717, 1.165) is 5.75 Å². The van der Waals surface area contributed by atoms with Gasteiger partial charge in [0.2, 0.25) is 0 Å². The standard InChI is InChI=1S/C11H15N3OS/c12-10(14-15)7-11(3-4-11)8-16-9-1-5-13-6-2-9/h1-2,5-6,15H,3-4,7-8H2,(H2,12,14). The second kappa shape index (κ2) is 4.74. The molecule has 1 aromatic heterocycles. The van der Waals surface area contributed by atoms with E-state index in [2.05, 4.69) is 10.1 Å². The van der Waals surface area contributed by atoms with Crippen molar-refractivity contribution in [1.82, 2.24) is 4.98 Å². The number of thioether (sulfide) groups is 1. The topological polar surface area (TPSA) is 71.5 Å². The quantitative estimate of drug-likeness (QED) is 0.270. The Kier molecular flexibility index (Phi) is 3.33. The number of nitrogens with two attached hydrogens (primary N) is 1. The summed E-state index contributed by atoms with van der Waals surface area (Å²) in [5.74, 6) is 1.36. The first kappa shape index (κ1) is 11.3. The summed E-state index contributed by atoms with van der Waals surface area (Å²) in [4.78, 5) is 5.20. The molecule has 0 unspecified atom stereocenters. The molecule has 3 N–H and O–H groups in total. The summed E-state index contributed by atoms with van der Waals surface area (Å²) >= 11 is 1.81. The molecule has 0 aliphatic heterocycles. The Bertz CT molecular complexity index is 376. The van der Waals surface area contributed by atoms with Crippen molar-refractivity contribution in [2.45, 2.75) is 24.2 Å². The summed E-state index contributed by atoms with van der Waals surface area (Å²) in [5.41, 5.74) is 5.80. The van der Waals surface area contributed by atoms with Gasteiger partial charge in [0.25, 0.3) is 0 Å². The van der Waals surface area contributed by atoms with Gasteiger partial charge >= 0.3 is 0 Å². The maximum atomic E-state index is 8.56. The zero-order chi connectivity index (χ0) is 11.4. The fourth-order valence-corrected chi connectivity index (χ4v) is 2.82. The minimum atomic E-state index is 0.254. The summed E-state index contributed by atoms with van der Waals surface area (Å²) in [5, 5.41) is 11.6. The van der Waals surface area contributed by atoms with E-state index in [0.29, 0.717) is 12.3 Å². The van der Waals surface area contributed by atoms with Crippen LogP contribution in [0.4, 0.5) is 0 Å². The van der Waals surface area contributed by atoms with E-state index in [9.17, 15) is 0 Å². The van der Waals surface area contributed by atoms with Gasteiger partial charge in [-0.3, -0.25) is 4.98 Å². The predicted octanol–water partition coefficient (Wildman–Crippen LogP) is 2.09. The minimum Gasteiger partial charge on any atom is -0.409 e. The highest BCUT2D eigenvalue weighted by atomic mass is 32.2. The third-order valence-corrected chi connectivity index (χ3v) is 4.20. The predicted molar refractivity (Wildman–Crippen MR) is 64.7 cm³/mol. The first-order valence-corrected chi connectivity index (χ1v) is 6.22. The summed E-state index contributed by atoms with van der Waals surface area (Å²) in [7, 11) is 0. The first-order chi connectivity index (χ1) is 7.74. The summed E-state index contributed by atoms with van der Waals surface area (Å²) in [6.45, 7) is 0. The lowest BCUT2D eigenvalue weighted by atomic mass is 10.1. The Morgan fingerprint density at radius 1 is 1.50 bits per heavy atom. The van der Waals surface area contributed by atoms with Crippen LogP contribution in [0.15, 0.2) is 34.6 Å². The van der Waals surface area contributed by atoms with Crippen LogP contribution in [-0.4, -0.2) is 21.8 Å². The molecule has 1 aliphatic rings. The number of pyridine rings is 1. The number of oxime groups is 1. The van der Waals surface area contributed by atoms with Gasteiger partial charge in [-0.2, -0.15) is 0 Å². The smallest absolute Gasteiger partial charge is 0.139 e. The molecule has 1 fully saturated rings. The molecule has 0 saturated heterocycles. The molecule has 0 spiro atoms. The molecular weight excluding hydrogens is 222 g/mol. The number of hydrogen-bond donors (Lipinski definition) is 2. The molecule has 1 saturated carbocycles. The zero-order valence-electron chi connectivity index (χ0n) is 8.97. The summed E-state index contributed by atoms with van der Waals surface area (Å²) in [6, 6.07) is 4.01. The van der Waals surface area contributed by atoms with Gasteiger partial charge in [0.1, 0.15) is 5.84 Å². The van der Waals surface area contributed by atoms with Crippen molar-refractivity contribution < 1.29 is 5.21 Å². The molecule has 0 atom stereocenters. The Labute approximate surface area is 98.9 Å². The lowest BCUT2D eigenvalue weighted by Crippen LogP contribution is -2.19. The van der Waals surface area contributed by atoms with Crippen LogP contribution in [-0.2, 0) is 0 Å². The van der Waals surface area contributed by atoms with Gasteiger partial charge in [-0.05, 0) is 30.4 Å². The molecule has 4 nitrogen and oxygen atoms in total. The van der Waals surface area contributed by atoms with Gasteiger partial charge in [-0.1, -0.05) is 5.16 Å². The number of aromatic nitrogens is 1. The van der Waals surface area contributed by atoms with Gasteiger partial charge < -0.3 is 10.9 Å². The molecule has 5 heteroatoms. The van der Waals surface area contributed by atoms with Crippen molar-refractivity contribution in [3.05, 3.63) is 24.5 Å². The van der Waals surface area contributed by atoms with E-state index in [1.807, 2.05) is 23.9 Å². The van der Waals surface area contributed by atoms with Crippen molar-refractivity contribution >= 4 is 17.6 Å². The van der Waals surface area contributed by atoms with Crippen LogP contribution in [0.3, 0.4) is 0 Å². The van der Waals surface area contributed by atoms with Crippen LogP contribution in [0.1, 0.15) is 19.3 Å². The molecule has 0 radical (unpaired) electrons. The number of amidine groups is 1. The highest BCUT2D eigenvalue weighted by molar-refractivity contribution is 7.99. The van der Waals surface area contributed by atoms with Gasteiger partial charge in [-0.25, -0.2) is 0 Å². The second-order valence-electron chi connectivity index (χ2n) is 4.24. The third kappa shape index (κ3) is 2.88. The monoisotopic (exact) mass is 237 g/mol. The Balaban J connectivity index is 1.86. The maximum Gasteiger partial charge on any atom is 0.139 e. The van der Waals surface area contributed by atoms with Crippen molar-refractivity contribution in [3.8, 4) is 0 Å². The zero-order valence-corrected chi connectivity index (χ0v) is 9.78. The van der Waals surface area contributed by atoms with E-state index in [1.54, 1.807) is 12.4 Å². The molecule has 0 amide bonds. The fraction of sp³-hybridized carbons (Fsp3) is 0.455. The van der Waals surface area contributed by atoms with Crippen LogP contribution >= 0.6 is 11.8 Å². The van der Waals surface area contributed by atoms with Crippen molar-refractivity contribution in [3.63, 3.8) is 0 Å². The molecule has 0 bridgehead atoms. The largest absolute Gasteiger partial charge is 0.409 e. The molecule has 86 valence electrons. The third-order valence-electron chi connectivity index (χ3n) is 2.84. The van der Waals surface area contributed by atoms with Gasteiger partial charge in [0, 0.05) is 29.5 Å². The fourth-order valence-electron chi connectivity index (χ4n) is 1.64. The van der Waals surface area contributed by atoms with Crippen molar-refractivity contribution in [1.29, 1.82) is 0 Å².